The van der Waals surface area contributed by atoms with Crippen molar-refractivity contribution in [3.63, 3.8) is 0 Å². The summed E-state index contributed by atoms with van der Waals surface area (Å²) in [6.07, 6.45) is 0. The quantitative estimate of drug-likeness (QED) is 0.762. The van der Waals surface area contributed by atoms with Crippen LogP contribution in [-0.4, -0.2) is 38.8 Å². The summed E-state index contributed by atoms with van der Waals surface area (Å²) in [5.41, 5.74) is 1.57. The minimum atomic E-state index is -3.93. The Hall–Kier alpha value is -2.23. The maximum absolute atomic E-state index is 12.2. The molecule has 0 aliphatic rings. The monoisotopic (exact) mass is 382 g/mol. The smallest absolute Gasteiger partial charge is 0.338 e. The molecule has 0 bridgehead atoms. The van der Waals surface area contributed by atoms with E-state index in [1.165, 1.54) is 28.4 Å². The Kier molecular flexibility index (Phi) is 5.93. The van der Waals surface area contributed by atoms with E-state index in [9.17, 15) is 18.0 Å². The maximum atomic E-state index is 12.2. The fourth-order valence-electron chi connectivity index (χ4n) is 2.06. The van der Waals surface area contributed by atoms with Crippen LogP contribution in [0.1, 0.15) is 21.5 Å². The molecule has 2 rings (SSSR count). The van der Waals surface area contributed by atoms with E-state index < -0.39 is 22.6 Å². The summed E-state index contributed by atoms with van der Waals surface area (Å²) < 4.78 is 27.8. The van der Waals surface area contributed by atoms with Gasteiger partial charge in [-0.05, 0) is 47.0 Å². The molecule has 0 aliphatic carbocycles. The highest BCUT2D eigenvalue weighted by atomic mass is 32.2. The van der Waals surface area contributed by atoms with Crippen molar-refractivity contribution >= 4 is 33.2 Å². The van der Waals surface area contributed by atoms with Gasteiger partial charge in [-0.1, -0.05) is 6.07 Å². The number of nitrogens with two attached hydrogens (primary N) is 1. The zero-order valence-corrected chi connectivity index (χ0v) is 15.4. The summed E-state index contributed by atoms with van der Waals surface area (Å²) in [6, 6.07) is 5.82. The molecule has 1 heterocycles. The maximum Gasteiger partial charge on any atom is 0.338 e. The standard InChI is InChI=1S/C16H18N2O5S2/c1-11-3-4-13(25(17,21)22)7-14(11)16(20)23-9-15(19)18(2)8-12-5-6-24-10-12/h3-7,10H,8-9H2,1-2H3,(H2,17,21,22). The molecule has 0 saturated heterocycles. The summed E-state index contributed by atoms with van der Waals surface area (Å²) in [5, 5.41) is 8.90. The topological polar surface area (TPSA) is 107 Å². The van der Waals surface area contributed by atoms with E-state index in [-0.39, 0.29) is 16.4 Å². The Morgan fingerprint density at radius 2 is 2.00 bits per heavy atom. The first kappa shape index (κ1) is 19.1. The average molecular weight is 382 g/mol. The highest BCUT2D eigenvalue weighted by Gasteiger charge is 2.18. The van der Waals surface area contributed by atoms with Crippen LogP contribution in [0.2, 0.25) is 0 Å². The van der Waals surface area contributed by atoms with Crippen LogP contribution in [0.15, 0.2) is 39.9 Å². The number of nitrogens with zero attached hydrogens (tertiary/aromatic N) is 1. The minimum absolute atomic E-state index is 0.0554. The number of benzene rings is 1. The SMILES string of the molecule is Cc1ccc(S(N)(=O)=O)cc1C(=O)OCC(=O)N(C)Cc1ccsc1. The van der Waals surface area contributed by atoms with Gasteiger partial charge in [-0.15, -0.1) is 0 Å². The first-order valence-corrected chi connectivity index (χ1v) is 9.73. The summed E-state index contributed by atoms with van der Waals surface area (Å²) in [4.78, 5) is 25.5. The van der Waals surface area contributed by atoms with Gasteiger partial charge in [0.2, 0.25) is 10.0 Å². The van der Waals surface area contributed by atoms with Crippen molar-refractivity contribution in [2.75, 3.05) is 13.7 Å². The van der Waals surface area contributed by atoms with Gasteiger partial charge in [-0.2, -0.15) is 11.3 Å². The van der Waals surface area contributed by atoms with E-state index in [0.29, 0.717) is 12.1 Å². The van der Waals surface area contributed by atoms with E-state index in [4.69, 9.17) is 9.88 Å². The molecule has 2 aromatic rings. The van der Waals surface area contributed by atoms with Crippen LogP contribution >= 0.6 is 11.3 Å². The number of hydrogen-bond donors (Lipinski definition) is 1. The molecule has 1 amide bonds. The minimum Gasteiger partial charge on any atom is -0.452 e. The van der Waals surface area contributed by atoms with Crippen LogP contribution in [0.4, 0.5) is 0 Å². The third-order valence-corrected chi connectivity index (χ3v) is 5.15. The van der Waals surface area contributed by atoms with Crippen molar-refractivity contribution in [3.8, 4) is 0 Å². The van der Waals surface area contributed by atoms with E-state index in [2.05, 4.69) is 0 Å². The number of sulfonamides is 1. The molecule has 9 heteroatoms. The second-order valence-corrected chi connectivity index (χ2v) is 7.82. The summed E-state index contributed by atoms with van der Waals surface area (Å²) in [5.74, 6) is -1.14. The fraction of sp³-hybridized carbons (Fsp3) is 0.250. The first-order valence-electron chi connectivity index (χ1n) is 7.24. The predicted molar refractivity (Wildman–Crippen MR) is 93.6 cm³/mol. The second-order valence-electron chi connectivity index (χ2n) is 5.48. The number of primary sulfonamides is 1. The van der Waals surface area contributed by atoms with Crippen molar-refractivity contribution < 1.29 is 22.7 Å². The van der Waals surface area contributed by atoms with Gasteiger partial charge in [0.25, 0.3) is 5.91 Å². The molecule has 134 valence electrons. The van der Waals surface area contributed by atoms with Gasteiger partial charge < -0.3 is 9.64 Å². The molecule has 2 N–H and O–H groups in total. The number of esters is 1. The third-order valence-electron chi connectivity index (χ3n) is 3.51. The number of amides is 1. The molecular formula is C16H18N2O5S2. The normalized spacial score (nSPS) is 11.2. The molecule has 0 fully saturated rings. The molecular weight excluding hydrogens is 364 g/mol. The number of rotatable bonds is 6. The lowest BCUT2D eigenvalue weighted by Gasteiger charge is -2.16. The van der Waals surface area contributed by atoms with Gasteiger partial charge in [0, 0.05) is 13.6 Å². The predicted octanol–water partition coefficient (Wildman–Crippen LogP) is 1.52. The van der Waals surface area contributed by atoms with Gasteiger partial charge in [0.15, 0.2) is 6.61 Å². The lowest BCUT2D eigenvalue weighted by molar-refractivity contribution is -0.133. The Morgan fingerprint density at radius 1 is 1.28 bits per heavy atom. The largest absolute Gasteiger partial charge is 0.452 e. The molecule has 0 saturated carbocycles. The summed E-state index contributed by atoms with van der Waals surface area (Å²) in [7, 11) is -2.32. The van der Waals surface area contributed by atoms with Crippen LogP contribution < -0.4 is 5.14 Å². The van der Waals surface area contributed by atoms with E-state index in [1.54, 1.807) is 14.0 Å². The van der Waals surface area contributed by atoms with Crippen molar-refractivity contribution in [2.45, 2.75) is 18.4 Å². The lowest BCUT2D eigenvalue weighted by atomic mass is 10.1. The molecule has 0 atom stereocenters. The van der Waals surface area contributed by atoms with Crippen LogP contribution in [0.5, 0.6) is 0 Å². The lowest BCUT2D eigenvalue weighted by Crippen LogP contribution is -2.30. The van der Waals surface area contributed by atoms with Gasteiger partial charge >= 0.3 is 5.97 Å². The molecule has 25 heavy (non-hydrogen) atoms. The van der Waals surface area contributed by atoms with Crippen LogP contribution in [-0.2, 0) is 26.1 Å². The number of hydrogen-bond acceptors (Lipinski definition) is 6. The van der Waals surface area contributed by atoms with Gasteiger partial charge in [-0.3, -0.25) is 4.79 Å². The highest BCUT2D eigenvalue weighted by Crippen LogP contribution is 2.16. The molecule has 7 nitrogen and oxygen atoms in total. The van der Waals surface area contributed by atoms with Gasteiger partial charge in [0.05, 0.1) is 10.5 Å². The number of aryl methyl sites for hydroxylation is 1. The number of carbonyl (C=O) groups excluding carboxylic acids is 2. The van der Waals surface area contributed by atoms with E-state index in [1.807, 2.05) is 16.8 Å². The van der Waals surface area contributed by atoms with Crippen molar-refractivity contribution in [1.29, 1.82) is 0 Å². The van der Waals surface area contributed by atoms with Crippen molar-refractivity contribution in [3.05, 3.63) is 51.7 Å². The van der Waals surface area contributed by atoms with Gasteiger partial charge in [-0.25, -0.2) is 18.4 Å². The third kappa shape index (κ3) is 5.12. The number of thiophene rings is 1. The molecule has 0 spiro atoms. The van der Waals surface area contributed by atoms with E-state index >= 15 is 0 Å². The molecule has 0 unspecified atom stereocenters. The average Bonchev–Trinajstić information content (AvgIpc) is 3.04. The van der Waals surface area contributed by atoms with Crippen molar-refractivity contribution in [1.82, 2.24) is 4.90 Å². The Bertz CT molecular complexity index is 876. The fourth-order valence-corrected chi connectivity index (χ4v) is 3.26. The highest BCUT2D eigenvalue weighted by molar-refractivity contribution is 7.89. The number of carbonyl (C=O) groups is 2. The van der Waals surface area contributed by atoms with Crippen molar-refractivity contribution in [2.24, 2.45) is 5.14 Å². The summed E-state index contributed by atoms with van der Waals surface area (Å²) in [6.45, 7) is 1.62. The molecule has 0 radical (unpaired) electrons. The Balaban J connectivity index is 2.01. The molecule has 0 aliphatic heterocycles. The van der Waals surface area contributed by atoms with E-state index in [0.717, 1.165) is 11.6 Å². The van der Waals surface area contributed by atoms with Crippen LogP contribution in [0, 0.1) is 6.92 Å². The van der Waals surface area contributed by atoms with Crippen LogP contribution in [0.25, 0.3) is 0 Å². The van der Waals surface area contributed by atoms with Crippen LogP contribution in [0.3, 0.4) is 0 Å². The second kappa shape index (κ2) is 7.77. The zero-order valence-electron chi connectivity index (χ0n) is 13.8. The first-order chi connectivity index (χ1) is 11.7. The number of likely N-dealkylation sites (N-methyl/N-ethyl adjacent to an activating group) is 1. The Labute approximate surface area is 150 Å². The molecule has 1 aromatic carbocycles. The number of ether oxygens (including phenoxy) is 1. The van der Waals surface area contributed by atoms with Gasteiger partial charge in [0.1, 0.15) is 0 Å². The molecule has 1 aromatic heterocycles. The summed E-state index contributed by atoms with van der Waals surface area (Å²) >= 11 is 1.53. The zero-order chi connectivity index (χ0) is 18.6. The Morgan fingerprint density at radius 3 is 2.60 bits per heavy atom.